The fourth-order valence-corrected chi connectivity index (χ4v) is 4.81. The van der Waals surface area contributed by atoms with Gasteiger partial charge in [-0.3, -0.25) is 9.38 Å². The molecule has 0 aliphatic carbocycles. The molecule has 37 heavy (non-hydrogen) atoms. The van der Waals surface area contributed by atoms with Gasteiger partial charge in [-0.2, -0.15) is 0 Å². The Labute approximate surface area is 212 Å². The third kappa shape index (κ3) is 4.22. The molecule has 4 aromatic heterocycles. The normalized spacial score (nSPS) is 17.8. The van der Waals surface area contributed by atoms with Crippen LogP contribution in [0.2, 0.25) is 0 Å². The molecule has 5 heterocycles. The van der Waals surface area contributed by atoms with Crippen LogP contribution in [0.15, 0.2) is 73.3 Å². The number of para-hydroxylation sites is 1. The summed E-state index contributed by atoms with van der Waals surface area (Å²) in [6, 6.07) is 15.5. The summed E-state index contributed by atoms with van der Waals surface area (Å²) in [7, 11) is 0. The van der Waals surface area contributed by atoms with Crippen molar-refractivity contribution in [3.8, 4) is 28.3 Å². The molecule has 1 aromatic carbocycles. The van der Waals surface area contributed by atoms with E-state index in [9.17, 15) is 9.18 Å². The lowest BCUT2D eigenvalue weighted by molar-refractivity contribution is 0.0256. The SMILES string of the molecule is Cc1ccncc1-c1ccn2c(-c3ccc4cccc(OC5CCN(C(=O)O)CC5F)c4n3)cnc2c1. The molecule has 1 aliphatic rings. The number of alkyl halides is 1. The van der Waals surface area contributed by atoms with Crippen molar-refractivity contribution in [1.82, 2.24) is 24.3 Å². The molecule has 0 radical (unpaired) electrons. The molecule has 5 aromatic rings. The molecule has 186 valence electrons. The van der Waals surface area contributed by atoms with E-state index in [1.807, 2.05) is 59.3 Å². The van der Waals surface area contributed by atoms with Crippen molar-refractivity contribution in [2.45, 2.75) is 25.6 Å². The zero-order valence-electron chi connectivity index (χ0n) is 20.1. The Balaban J connectivity index is 1.33. The Morgan fingerprint density at radius 2 is 2.05 bits per heavy atom. The van der Waals surface area contributed by atoms with E-state index in [-0.39, 0.29) is 19.5 Å². The minimum absolute atomic E-state index is 0.203. The second-order valence-electron chi connectivity index (χ2n) is 9.19. The van der Waals surface area contributed by atoms with Crippen LogP contribution >= 0.6 is 0 Å². The second kappa shape index (κ2) is 9.16. The number of nitrogens with zero attached hydrogens (tertiary/aromatic N) is 5. The number of halogens is 1. The Hall–Kier alpha value is -4.53. The summed E-state index contributed by atoms with van der Waals surface area (Å²) in [6.07, 6.45) is 4.38. The molecule has 2 unspecified atom stereocenters. The zero-order chi connectivity index (χ0) is 25.5. The highest BCUT2D eigenvalue weighted by Gasteiger charge is 2.33. The van der Waals surface area contributed by atoms with Crippen LogP contribution in [0, 0.1) is 6.92 Å². The second-order valence-corrected chi connectivity index (χ2v) is 9.19. The molecule has 0 bridgehead atoms. The van der Waals surface area contributed by atoms with Crippen molar-refractivity contribution in [1.29, 1.82) is 0 Å². The summed E-state index contributed by atoms with van der Waals surface area (Å²) in [4.78, 5) is 26.0. The molecule has 1 aliphatic heterocycles. The van der Waals surface area contributed by atoms with Gasteiger partial charge in [-0.05, 0) is 48.4 Å². The number of ether oxygens (including phenoxy) is 1. The summed E-state index contributed by atoms with van der Waals surface area (Å²) in [5.74, 6) is 0.471. The van der Waals surface area contributed by atoms with Gasteiger partial charge in [0.2, 0.25) is 0 Å². The Kier molecular flexibility index (Phi) is 5.67. The number of aryl methyl sites for hydroxylation is 1. The maximum Gasteiger partial charge on any atom is 0.407 e. The van der Waals surface area contributed by atoms with E-state index in [0.717, 1.165) is 38.3 Å². The summed E-state index contributed by atoms with van der Waals surface area (Å²) in [5.41, 5.74) is 6.16. The van der Waals surface area contributed by atoms with Crippen molar-refractivity contribution >= 4 is 22.6 Å². The van der Waals surface area contributed by atoms with Crippen LogP contribution in [0.1, 0.15) is 12.0 Å². The van der Waals surface area contributed by atoms with Crippen LogP contribution in [0.25, 0.3) is 39.1 Å². The Morgan fingerprint density at radius 1 is 1.16 bits per heavy atom. The quantitative estimate of drug-likeness (QED) is 0.358. The van der Waals surface area contributed by atoms with Gasteiger partial charge in [-0.25, -0.2) is 19.2 Å². The van der Waals surface area contributed by atoms with E-state index in [1.165, 1.54) is 0 Å². The third-order valence-corrected chi connectivity index (χ3v) is 6.84. The topological polar surface area (TPSA) is 92.9 Å². The highest BCUT2D eigenvalue weighted by Crippen LogP contribution is 2.31. The summed E-state index contributed by atoms with van der Waals surface area (Å²) in [6.45, 7) is 2.08. The monoisotopic (exact) mass is 497 g/mol. The molecule has 0 spiro atoms. The Morgan fingerprint density at radius 3 is 2.86 bits per heavy atom. The van der Waals surface area contributed by atoms with Crippen LogP contribution in [0.3, 0.4) is 0 Å². The summed E-state index contributed by atoms with van der Waals surface area (Å²) < 4.78 is 22.8. The van der Waals surface area contributed by atoms with E-state index in [2.05, 4.69) is 16.9 Å². The zero-order valence-corrected chi connectivity index (χ0v) is 20.1. The van der Waals surface area contributed by atoms with Crippen LogP contribution in [0.5, 0.6) is 5.75 Å². The van der Waals surface area contributed by atoms with E-state index >= 15 is 0 Å². The predicted octanol–water partition coefficient (Wildman–Crippen LogP) is 5.39. The number of imidazole rings is 1. The number of amides is 1. The summed E-state index contributed by atoms with van der Waals surface area (Å²) >= 11 is 0. The lowest BCUT2D eigenvalue weighted by atomic mass is 10.0. The van der Waals surface area contributed by atoms with Crippen molar-refractivity contribution in [2.75, 3.05) is 13.1 Å². The van der Waals surface area contributed by atoms with E-state index < -0.39 is 18.4 Å². The first-order chi connectivity index (χ1) is 18.0. The number of rotatable bonds is 4. The van der Waals surface area contributed by atoms with Gasteiger partial charge in [0.15, 0.2) is 6.17 Å². The average Bonchev–Trinajstić information content (AvgIpc) is 3.33. The van der Waals surface area contributed by atoms with Crippen LogP contribution in [-0.4, -0.2) is 60.8 Å². The maximum atomic E-state index is 14.7. The number of hydrogen-bond donors (Lipinski definition) is 1. The molecule has 2 atom stereocenters. The largest absolute Gasteiger partial charge is 0.485 e. The Bertz CT molecular complexity index is 1640. The average molecular weight is 498 g/mol. The molecule has 1 amide bonds. The number of likely N-dealkylation sites (tertiary alicyclic amines) is 1. The van der Waals surface area contributed by atoms with Crippen molar-refractivity contribution in [3.05, 3.63) is 78.9 Å². The minimum Gasteiger partial charge on any atom is -0.485 e. The van der Waals surface area contributed by atoms with Crippen LogP contribution in [-0.2, 0) is 0 Å². The van der Waals surface area contributed by atoms with Gasteiger partial charge in [0.25, 0.3) is 0 Å². The molecule has 8 nitrogen and oxygen atoms in total. The van der Waals surface area contributed by atoms with Crippen molar-refractivity contribution < 1.29 is 19.0 Å². The van der Waals surface area contributed by atoms with Crippen molar-refractivity contribution in [3.63, 3.8) is 0 Å². The van der Waals surface area contributed by atoms with Gasteiger partial charge in [-0.1, -0.05) is 18.2 Å². The first kappa shape index (κ1) is 22.9. The minimum atomic E-state index is -1.42. The number of carboxylic acid groups (broad SMARTS) is 1. The number of fused-ring (bicyclic) bond motifs is 2. The van der Waals surface area contributed by atoms with E-state index in [4.69, 9.17) is 14.8 Å². The maximum absolute atomic E-state index is 14.7. The molecule has 1 saturated heterocycles. The van der Waals surface area contributed by atoms with Gasteiger partial charge < -0.3 is 14.7 Å². The van der Waals surface area contributed by atoms with Gasteiger partial charge >= 0.3 is 6.09 Å². The number of carbonyl (C=O) groups is 1. The van der Waals surface area contributed by atoms with Gasteiger partial charge in [-0.15, -0.1) is 0 Å². The van der Waals surface area contributed by atoms with Gasteiger partial charge in [0, 0.05) is 42.5 Å². The van der Waals surface area contributed by atoms with Gasteiger partial charge in [0.1, 0.15) is 23.0 Å². The molecular formula is C28H24FN5O3. The fourth-order valence-electron chi connectivity index (χ4n) is 4.81. The van der Waals surface area contributed by atoms with Crippen molar-refractivity contribution in [2.24, 2.45) is 0 Å². The van der Waals surface area contributed by atoms with Crippen LogP contribution < -0.4 is 4.74 Å². The van der Waals surface area contributed by atoms with Crippen LogP contribution in [0.4, 0.5) is 9.18 Å². The molecule has 6 rings (SSSR count). The highest BCUT2D eigenvalue weighted by atomic mass is 19.1. The standard InChI is InChI=1S/C28H24FN5O3/c1-17-7-10-30-14-20(17)19-8-12-34-23(15-31-26(34)13-19)22-6-5-18-3-2-4-25(27(18)32-22)37-24-9-11-33(28(35)36)16-21(24)29/h2-8,10,12-15,21,24H,9,11,16H2,1H3,(H,35,36). The molecule has 0 saturated carbocycles. The van der Waals surface area contributed by atoms with E-state index in [0.29, 0.717) is 17.0 Å². The number of aromatic nitrogens is 4. The third-order valence-electron chi connectivity index (χ3n) is 6.84. The molecule has 1 fully saturated rings. The lowest BCUT2D eigenvalue weighted by Crippen LogP contribution is -2.48. The van der Waals surface area contributed by atoms with E-state index in [1.54, 1.807) is 18.5 Å². The summed E-state index contributed by atoms with van der Waals surface area (Å²) in [5, 5.41) is 10.0. The number of hydrogen-bond acceptors (Lipinski definition) is 5. The fraction of sp³-hybridized carbons (Fsp3) is 0.214. The lowest BCUT2D eigenvalue weighted by Gasteiger charge is -2.33. The predicted molar refractivity (Wildman–Crippen MR) is 137 cm³/mol. The number of benzene rings is 1. The van der Waals surface area contributed by atoms with Gasteiger partial charge in [0.05, 0.1) is 24.1 Å². The molecule has 1 N–H and O–H groups in total. The number of piperidine rings is 1. The first-order valence-electron chi connectivity index (χ1n) is 12.0. The highest BCUT2D eigenvalue weighted by molar-refractivity contribution is 5.86. The molecule has 9 heteroatoms. The first-order valence-corrected chi connectivity index (χ1v) is 12.0. The number of pyridine rings is 3. The molecular weight excluding hydrogens is 473 g/mol. The smallest absolute Gasteiger partial charge is 0.407 e.